The molecule has 0 N–H and O–H groups in total. The summed E-state index contributed by atoms with van der Waals surface area (Å²) < 4.78 is 0. The summed E-state index contributed by atoms with van der Waals surface area (Å²) in [6.45, 7) is 0. The van der Waals surface area contributed by atoms with Crippen molar-refractivity contribution in [3.05, 3.63) is 65.7 Å². The SMILES string of the molecule is CN1C(=O)N(C)c2ccccc2/C1=C/c1ccccc1. The Kier molecular flexibility index (Phi) is 3.03. The van der Waals surface area contributed by atoms with Gasteiger partial charge in [0.1, 0.15) is 0 Å². The summed E-state index contributed by atoms with van der Waals surface area (Å²) in [5.41, 5.74) is 4.02. The number of rotatable bonds is 1. The van der Waals surface area contributed by atoms with E-state index < -0.39 is 0 Å². The van der Waals surface area contributed by atoms with Crippen LogP contribution < -0.4 is 4.90 Å². The normalized spacial score (nSPS) is 16.5. The molecule has 3 nitrogen and oxygen atoms in total. The highest BCUT2D eigenvalue weighted by Crippen LogP contribution is 2.35. The van der Waals surface area contributed by atoms with Crippen LogP contribution >= 0.6 is 0 Å². The molecule has 0 spiro atoms. The maximum atomic E-state index is 12.3. The van der Waals surface area contributed by atoms with Crippen LogP contribution in [0.2, 0.25) is 0 Å². The average Bonchev–Trinajstić information content (AvgIpc) is 2.50. The summed E-state index contributed by atoms with van der Waals surface area (Å²) in [6.07, 6.45) is 2.05. The molecule has 3 heteroatoms. The van der Waals surface area contributed by atoms with Crippen molar-refractivity contribution in [3.63, 3.8) is 0 Å². The molecule has 1 aliphatic heterocycles. The van der Waals surface area contributed by atoms with Crippen LogP contribution in [0.25, 0.3) is 11.8 Å². The molecule has 2 aromatic rings. The number of hydrogen-bond acceptors (Lipinski definition) is 1. The van der Waals surface area contributed by atoms with Crippen molar-refractivity contribution in [1.29, 1.82) is 0 Å². The highest BCUT2D eigenvalue weighted by Gasteiger charge is 2.28. The molecule has 0 aliphatic carbocycles. The topological polar surface area (TPSA) is 23.6 Å². The van der Waals surface area contributed by atoms with Crippen LogP contribution in [0.5, 0.6) is 0 Å². The number of amides is 2. The van der Waals surface area contributed by atoms with Crippen molar-refractivity contribution >= 4 is 23.5 Å². The Bertz CT molecular complexity index is 676. The lowest BCUT2D eigenvalue weighted by molar-refractivity contribution is 0.231. The number of nitrogens with zero attached hydrogens (tertiary/aromatic N) is 2. The first-order valence-corrected chi connectivity index (χ1v) is 6.56. The number of hydrogen-bond donors (Lipinski definition) is 0. The minimum absolute atomic E-state index is 0.0223. The van der Waals surface area contributed by atoms with Gasteiger partial charge in [0, 0.05) is 19.7 Å². The molecule has 2 amide bonds. The van der Waals surface area contributed by atoms with Crippen LogP contribution in [-0.2, 0) is 0 Å². The van der Waals surface area contributed by atoms with Gasteiger partial charge in [0.05, 0.1) is 11.4 Å². The summed E-state index contributed by atoms with van der Waals surface area (Å²) in [5.74, 6) is 0. The van der Waals surface area contributed by atoms with E-state index in [1.54, 1.807) is 16.8 Å². The minimum Gasteiger partial charge on any atom is -0.296 e. The van der Waals surface area contributed by atoms with Crippen LogP contribution in [0.4, 0.5) is 10.5 Å². The Morgan fingerprint density at radius 2 is 1.50 bits per heavy atom. The lowest BCUT2D eigenvalue weighted by Gasteiger charge is -2.34. The smallest absolute Gasteiger partial charge is 0.296 e. The quantitative estimate of drug-likeness (QED) is 0.770. The van der Waals surface area contributed by atoms with Gasteiger partial charge in [-0.1, -0.05) is 48.5 Å². The fourth-order valence-electron chi connectivity index (χ4n) is 2.48. The zero-order chi connectivity index (χ0) is 14.1. The summed E-state index contributed by atoms with van der Waals surface area (Å²) in [5, 5.41) is 0. The number of urea groups is 1. The van der Waals surface area contributed by atoms with Crippen LogP contribution in [0, 0.1) is 0 Å². The van der Waals surface area contributed by atoms with Gasteiger partial charge in [0.15, 0.2) is 0 Å². The fraction of sp³-hybridized carbons (Fsp3) is 0.118. The molecule has 0 fully saturated rings. The van der Waals surface area contributed by atoms with Gasteiger partial charge in [-0.25, -0.2) is 4.79 Å². The van der Waals surface area contributed by atoms with E-state index in [1.165, 1.54) is 0 Å². The molecule has 0 atom stereocenters. The lowest BCUT2D eigenvalue weighted by Crippen LogP contribution is -2.42. The summed E-state index contributed by atoms with van der Waals surface area (Å²) >= 11 is 0. The number of carbonyl (C=O) groups excluding carboxylic acids is 1. The van der Waals surface area contributed by atoms with E-state index in [0.717, 1.165) is 22.5 Å². The van der Waals surface area contributed by atoms with Gasteiger partial charge in [0.25, 0.3) is 0 Å². The predicted octanol–water partition coefficient (Wildman–Crippen LogP) is 3.69. The van der Waals surface area contributed by atoms with Gasteiger partial charge in [-0.2, -0.15) is 0 Å². The first-order chi connectivity index (χ1) is 9.68. The number of carbonyl (C=O) groups is 1. The molecule has 0 saturated heterocycles. The summed E-state index contributed by atoms with van der Waals surface area (Å²) in [7, 11) is 3.61. The van der Waals surface area contributed by atoms with Crippen LogP contribution in [-0.4, -0.2) is 25.0 Å². The Morgan fingerprint density at radius 3 is 2.25 bits per heavy atom. The first kappa shape index (κ1) is 12.5. The predicted molar refractivity (Wildman–Crippen MR) is 82.3 cm³/mol. The van der Waals surface area contributed by atoms with Gasteiger partial charge in [-0.3, -0.25) is 9.80 Å². The van der Waals surface area contributed by atoms with E-state index in [-0.39, 0.29) is 6.03 Å². The molecular formula is C17H16N2O. The van der Waals surface area contributed by atoms with E-state index in [2.05, 4.69) is 0 Å². The molecule has 1 aliphatic rings. The summed E-state index contributed by atoms with van der Waals surface area (Å²) in [6, 6.07) is 18.0. The Balaban J connectivity index is 2.17. The minimum atomic E-state index is -0.0223. The van der Waals surface area contributed by atoms with Crippen molar-refractivity contribution in [3.8, 4) is 0 Å². The molecule has 0 unspecified atom stereocenters. The van der Waals surface area contributed by atoms with Gasteiger partial charge in [-0.15, -0.1) is 0 Å². The largest absolute Gasteiger partial charge is 0.328 e. The highest BCUT2D eigenvalue weighted by molar-refractivity contribution is 6.06. The second-order valence-electron chi connectivity index (χ2n) is 4.86. The Hall–Kier alpha value is -2.55. The number of benzene rings is 2. The fourth-order valence-corrected chi connectivity index (χ4v) is 2.48. The molecule has 20 heavy (non-hydrogen) atoms. The molecule has 0 saturated carbocycles. The standard InChI is InChI=1S/C17H16N2O/c1-18-15-11-7-6-10-14(15)16(19(2)17(18)20)12-13-8-4-3-5-9-13/h3-12H,1-2H3/b16-12-. The molecule has 3 rings (SSSR count). The van der Waals surface area contributed by atoms with Crippen molar-refractivity contribution < 1.29 is 4.79 Å². The van der Waals surface area contributed by atoms with Crippen LogP contribution in [0.1, 0.15) is 11.1 Å². The maximum Gasteiger partial charge on any atom is 0.328 e. The van der Waals surface area contributed by atoms with Gasteiger partial charge in [0.2, 0.25) is 0 Å². The van der Waals surface area contributed by atoms with Gasteiger partial charge >= 0.3 is 6.03 Å². The van der Waals surface area contributed by atoms with Gasteiger partial charge in [-0.05, 0) is 17.7 Å². The molecule has 0 radical (unpaired) electrons. The lowest BCUT2D eigenvalue weighted by atomic mass is 10.0. The Labute approximate surface area is 118 Å². The van der Waals surface area contributed by atoms with Crippen molar-refractivity contribution in [2.45, 2.75) is 0 Å². The average molecular weight is 264 g/mol. The van der Waals surface area contributed by atoms with Crippen LogP contribution in [0.15, 0.2) is 54.6 Å². The molecule has 0 bridgehead atoms. The molecular weight excluding hydrogens is 248 g/mol. The zero-order valence-electron chi connectivity index (χ0n) is 11.6. The molecule has 0 aromatic heterocycles. The van der Waals surface area contributed by atoms with E-state index in [0.29, 0.717) is 0 Å². The van der Waals surface area contributed by atoms with Crippen molar-refractivity contribution in [2.24, 2.45) is 0 Å². The number of fused-ring (bicyclic) bond motifs is 1. The monoisotopic (exact) mass is 264 g/mol. The van der Waals surface area contributed by atoms with Gasteiger partial charge < -0.3 is 0 Å². The number of para-hydroxylation sites is 1. The first-order valence-electron chi connectivity index (χ1n) is 6.56. The van der Waals surface area contributed by atoms with Crippen molar-refractivity contribution in [2.75, 3.05) is 19.0 Å². The van der Waals surface area contributed by atoms with Crippen molar-refractivity contribution in [1.82, 2.24) is 4.90 Å². The third kappa shape index (κ3) is 1.97. The zero-order valence-corrected chi connectivity index (χ0v) is 11.6. The molecule has 2 aromatic carbocycles. The maximum absolute atomic E-state index is 12.3. The third-order valence-electron chi connectivity index (χ3n) is 3.58. The van der Waals surface area contributed by atoms with E-state index in [1.807, 2.05) is 67.7 Å². The molecule has 100 valence electrons. The highest BCUT2D eigenvalue weighted by atomic mass is 16.2. The van der Waals surface area contributed by atoms with Crippen LogP contribution in [0.3, 0.4) is 0 Å². The van der Waals surface area contributed by atoms with E-state index in [9.17, 15) is 4.79 Å². The summed E-state index contributed by atoms with van der Waals surface area (Å²) in [4.78, 5) is 15.7. The third-order valence-corrected chi connectivity index (χ3v) is 3.58. The number of anilines is 1. The second kappa shape index (κ2) is 4.85. The second-order valence-corrected chi connectivity index (χ2v) is 4.86. The van der Waals surface area contributed by atoms with E-state index >= 15 is 0 Å². The molecule has 1 heterocycles. The Morgan fingerprint density at radius 1 is 0.850 bits per heavy atom. The van der Waals surface area contributed by atoms with E-state index in [4.69, 9.17) is 0 Å².